The number of hydrogen-bond donors (Lipinski definition) is 3. The van der Waals surface area contributed by atoms with Crippen molar-refractivity contribution in [1.29, 1.82) is 0 Å². The summed E-state index contributed by atoms with van der Waals surface area (Å²) in [6, 6.07) is 0. The Morgan fingerprint density at radius 1 is 0.265 bits per heavy atom. The fourth-order valence-electron chi connectivity index (χ4n) is 12.9. The quantitative estimate of drug-likeness (QED) is 0.0222. The van der Waals surface area contributed by atoms with Crippen molar-refractivity contribution in [3.8, 4) is 0 Å². The smallest absolute Gasteiger partial charge is 0.462 e. The number of aliphatic hydroxyl groups excluding tert-OH is 1. The van der Waals surface area contributed by atoms with Crippen LogP contribution in [0.5, 0.6) is 0 Å². The first kappa shape index (κ1) is 100. The predicted octanol–water partition coefficient (Wildman–Crippen LogP) is 25.1. The molecule has 0 radical (unpaired) electrons. The molecule has 0 aliphatic heterocycles. The van der Waals surface area contributed by atoms with E-state index in [1.807, 2.05) is 0 Å². The molecule has 0 rings (SSSR count). The minimum absolute atomic E-state index is 0.107. The van der Waals surface area contributed by atoms with Gasteiger partial charge < -0.3 is 33.8 Å². The standard InChI is InChI=1S/C83H162O17P2/c1-7-9-11-13-15-17-19-21-22-23-24-25-26-31-35-39-43-49-56-62-68-83(88)99-78(71-93-80(85)65-59-53-47-41-37-34-30-28-27-29-33-36-40-45-51-57-63-75(3)4)73-97-101(89,90)95-69-77(84)70-96-102(91,92)98-74-79(72-94-81(86)66-60-54-50-44-46-52-58-64-76(5)6)100-82(87)67-61-55-48-42-38-32-20-18-16-14-12-10-8-2/h75-79,84H,7-74H2,1-6H3,(H,89,90)(H,91,92)/t77-,78-,79-/m1/s1. The average Bonchev–Trinajstić information content (AvgIpc) is 0.909. The second kappa shape index (κ2) is 74.5. The van der Waals surface area contributed by atoms with Crippen molar-refractivity contribution < 1.29 is 80.2 Å². The van der Waals surface area contributed by atoms with Gasteiger partial charge in [-0.25, -0.2) is 9.13 Å². The first-order valence-corrected chi connectivity index (χ1v) is 46.0. The monoisotopic (exact) mass is 1490 g/mol. The maximum atomic E-state index is 13.1. The number of unbranched alkanes of at least 4 members (excludes halogenated alkanes) is 52. The summed E-state index contributed by atoms with van der Waals surface area (Å²) in [5, 5.41) is 10.6. The summed E-state index contributed by atoms with van der Waals surface area (Å²) in [7, 11) is -9.92. The van der Waals surface area contributed by atoms with Gasteiger partial charge in [-0.2, -0.15) is 0 Å². The van der Waals surface area contributed by atoms with E-state index in [2.05, 4.69) is 41.5 Å². The zero-order valence-corrected chi connectivity index (χ0v) is 68.7. The topological polar surface area (TPSA) is 237 Å². The van der Waals surface area contributed by atoms with E-state index in [0.717, 1.165) is 102 Å². The number of esters is 4. The fourth-order valence-corrected chi connectivity index (χ4v) is 14.5. The molecule has 0 aromatic heterocycles. The lowest BCUT2D eigenvalue weighted by Gasteiger charge is -2.21. The highest BCUT2D eigenvalue weighted by Crippen LogP contribution is 2.45. The molecule has 17 nitrogen and oxygen atoms in total. The lowest BCUT2D eigenvalue weighted by molar-refractivity contribution is -0.161. The van der Waals surface area contributed by atoms with E-state index in [9.17, 15) is 43.2 Å². The van der Waals surface area contributed by atoms with Gasteiger partial charge in [-0.15, -0.1) is 0 Å². The van der Waals surface area contributed by atoms with E-state index in [4.69, 9.17) is 37.0 Å². The van der Waals surface area contributed by atoms with Crippen LogP contribution in [0.1, 0.15) is 440 Å². The van der Waals surface area contributed by atoms with Crippen LogP contribution in [0.25, 0.3) is 0 Å². The third-order valence-corrected chi connectivity index (χ3v) is 21.4. The van der Waals surface area contributed by atoms with E-state index in [0.29, 0.717) is 31.6 Å². The van der Waals surface area contributed by atoms with Crippen LogP contribution in [0.3, 0.4) is 0 Å². The first-order chi connectivity index (χ1) is 49.4. The van der Waals surface area contributed by atoms with E-state index in [-0.39, 0.29) is 25.7 Å². The van der Waals surface area contributed by atoms with Gasteiger partial charge in [0.1, 0.15) is 19.3 Å². The molecule has 606 valence electrons. The highest BCUT2D eigenvalue weighted by Gasteiger charge is 2.30. The van der Waals surface area contributed by atoms with Crippen molar-refractivity contribution in [3.05, 3.63) is 0 Å². The summed E-state index contributed by atoms with van der Waals surface area (Å²) < 4.78 is 68.8. The van der Waals surface area contributed by atoms with Gasteiger partial charge in [0.15, 0.2) is 12.2 Å². The van der Waals surface area contributed by atoms with Crippen molar-refractivity contribution in [1.82, 2.24) is 0 Å². The Morgan fingerprint density at radius 2 is 0.451 bits per heavy atom. The molecule has 102 heavy (non-hydrogen) atoms. The Kier molecular flexibility index (Phi) is 73.1. The number of aliphatic hydroxyl groups is 1. The Balaban J connectivity index is 5.22. The molecular formula is C83H162O17P2. The lowest BCUT2D eigenvalue weighted by Crippen LogP contribution is -2.30. The number of carbonyl (C=O) groups is 4. The van der Waals surface area contributed by atoms with Gasteiger partial charge >= 0.3 is 39.5 Å². The lowest BCUT2D eigenvalue weighted by atomic mass is 10.0. The molecule has 2 unspecified atom stereocenters. The maximum Gasteiger partial charge on any atom is 0.472 e. The van der Waals surface area contributed by atoms with Gasteiger partial charge in [0.05, 0.1) is 26.4 Å². The second-order valence-electron chi connectivity index (χ2n) is 30.8. The SMILES string of the molecule is CCCCCCCCCCCCCCCCCCCCCCC(=O)O[C@H](COC(=O)CCCCCCCCCCCCCCCCCCC(C)C)COP(=O)(O)OC[C@@H](O)COP(=O)(O)OC[C@@H](COC(=O)CCCCCCCCCC(C)C)OC(=O)CCCCCCCCCCCCCCC. The van der Waals surface area contributed by atoms with Gasteiger partial charge in [0.25, 0.3) is 0 Å². The van der Waals surface area contributed by atoms with Crippen LogP contribution in [0.2, 0.25) is 0 Å². The number of carbonyl (C=O) groups excluding carboxylic acids is 4. The summed E-state index contributed by atoms with van der Waals surface area (Å²) >= 11 is 0. The Morgan fingerprint density at radius 3 is 0.667 bits per heavy atom. The second-order valence-corrected chi connectivity index (χ2v) is 33.7. The molecular weight excluding hydrogens is 1330 g/mol. The van der Waals surface area contributed by atoms with Crippen molar-refractivity contribution >= 4 is 39.5 Å². The third-order valence-electron chi connectivity index (χ3n) is 19.5. The summed E-state index contributed by atoms with van der Waals surface area (Å²) in [6.07, 6.45) is 65.4. The molecule has 19 heteroatoms. The molecule has 0 saturated heterocycles. The third kappa shape index (κ3) is 76.3. The average molecular weight is 1490 g/mol. The largest absolute Gasteiger partial charge is 0.472 e. The van der Waals surface area contributed by atoms with E-state index >= 15 is 0 Å². The summed E-state index contributed by atoms with van der Waals surface area (Å²) in [5.74, 6) is -0.589. The van der Waals surface area contributed by atoms with Gasteiger partial charge in [-0.3, -0.25) is 37.3 Å². The van der Waals surface area contributed by atoms with Crippen molar-refractivity contribution in [2.24, 2.45) is 11.8 Å². The van der Waals surface area contributed by atoms with Gasteiger partial charge in [0, 0.05) is 25.7 Å². The minimum Gasteiger partial charge on any atom is -0.462 e. The van der Waals surface area contributed by atoms with Crippen LogP contribution in [-0.4, -0.2) is 96.7 Å². The molecule has 0 aromatic rings. The number of rotatable bonds is 82. The normalized spacial score (nSPS) is 13.9. The molecule has 0 spiro atoms. The molecule has 0 aliphatic carbocycles. The minimum atomic E-state index is -4.96. The molecule has 5 atom stereocenters. The van der Waals surface area contributed by atoms with Crippen LogP contribution in [0.15, 0.2) is 0 Å². The number of phosphoric ester groups is 2. The molecule has 0 bridgehead atoms. The Labute approximate surface area is 626 Å². The summed E-state index contributed by atoms with van der Waals surface area (Å²) in [6.45, 7) is 9.62. The van der Waals surface area contributed by atoms with Crippen LogP contribution >= 0.6 is 15.6 Å². The van der Waals surface area contributed by atoms with Gasteiger partial charge in [-0.05, 0) is 37.5 Å². The highest BCUT2D eigenvalue weighted by atomic mass is 31.2. The Bertz CT molecular complexity index is 1960. The summed E-state index contributed by atoms with van der Waals surface area (Å²) in [5.41, 5.74) is 0. The van der Waals surface area contributed by atoms with Crippen LogP contribution < -0.4 is 0 Å². The zero-order chi connectivity index (χ0) is 74.9. The van der Waals surface area contributed by atoms with E-state index in [1.54, 1.807) is 0 Å². The molecule has 0 amide bonds. The van der Waals surface area contributed by atoms with Crippen LogP contribution in [0, 0.1) is 11.8 Å². The number of ether oxygens (including phenoxy) is 4. The molecule has 0 heterocycles. The molecule has 0 aromatic carbocycles. The van der Waals surface area contributed by atoms with Gasteiger partial charge in [-0.1, -0.05) is 388 Å². The van der Waals surface area contributed by atoms with Crippen molar-refractivity contribution in [2.45, 2.75) is 458 Å². The van der Waals surface area contributed by atoms with Gasteiger partial charge in [0.2, 0.25) is 0 Å². The molecule has 0 fully saturated rings. The van der Waals surface area contributed by atoms with Crippen molar-refractivity contribution in [2.75, 3.05) is 39.6 Å². The first-order valence-electron chi connectivity index (χ1n) is 43.0. The zero-order valence-electron chi connectivity index (χ0n) is 66.9. The van der Waals surface area contributed by atoms with E-state index < -0.39 is 97.5 Å². The molecule has 0 saturated carbocycles. The Hall–Kier alpha value is -1.94. The van der Waals surface area contributed by atoms with Crippen molar-refractivity contribution in [3.63, 3.8) is 0 Å². The van der Waals surface area contributed by atoms with Crippen LogP contribution in [-0.2, 0) is 65.4 Å². The summed E-state index contributed by atoms with van der Waals surface area (Å²) in [4.78, 5) is 73.1. The molecule has 0 aliphatic rings. The van der Waals surface area contributed by atoms with E-state index in [1.165, 1.54) is 250 Å². The highest BCUT2D eigenvalue weighted by molar-refractivity contribution is 7.47. The maximum absolute atomic E-state index is 13.1. The predicted molar refractivity (Wildman–Crippen MR) is 418 cm³/mol. The van der Waals surface area contributed by atoms with Crippen LogP contribution in [0.4, 0.5) is 0 Å². The number of hydrogen-bond acceptors (Lipinski definition) is 15. The number of phosphoric acid groups is 2. The molecule has 3 N–H and O–H groups in total. The fraction of sp³-hybridized carbons (Fsp3) is 0.952.